The highest BCUT2D eigenvalue weighted by Crippen LogP contribution is 2.07. The molecule has 0 aromatic heterocycles. The molecular weight excluding hydrogens is 296 g/mol. The Hall–Kier alpha value is -1.28. The van der Waals surface area contributed by atoms with Gasteiger partial charge in [0.1, 0.15) is 0 Å². The van der Waals surface area contributed by atoms with E-state index in [4.69, 9.17) is 9.84 Å². The van der Waals surface area contributed by atoms with Gasteiger partial charge in [-0.15, -0.1) is 11.8 Å². The normalized spacial score (nSPS) is 16.4. The van der Waals surface area contributed by atoms with Gasteiger partial charge in [0.15, 0.2) is 0 Å². The summed E-state index contributed by atoms with van der Waals surface area (Å²) in [6.45, 7) is 4.05. The molecule has 0 aromatic rings. The lowest BCUT2D eigenvalue weighted by Gasteiger charge is -2.26. The number of thioether (sulfide) groups is 1. The summed E-state index contributed by atoms with van der Waals surface area (Å²) in [5.41, 5.74) is 0. The van der Waals surface area contributed by atoms with Crippen LogP contribution in [0.3, 0.4) is 0 Å². The number of aliphatic carboxylic acids is 1. The summed E-state index contributed by atoms with van der Waals surface area (Å²) < 4.78 is 5.17. The van der Waals surface area contributed by atoms with E-state index >= 15 is 0 Å². The number of ether oxygens (including phenoxy) is 1. The maximum absolute atomic E-state index is 11.9. The van der Waals surface area contributed by atoms with Crippen molar-refractivity contribution in [3.8, 4) is 0 Å². The minimum absolute atomic E-state index is 0.0117. The molecule has 0 saturated carbocycles. The molecule has 1 saturated heterocycles. The van der Waals surface area contributed by atoms with Gasteiger partial charge in [0.2, 0.25) is 11.8 Å². The van der Waals surface area contributed by atoms with Gasteiger partial charge >= 0.3 is 5.97 Å². The first-order valence-corrected chi connectivity index (χ1v) is 7.97. The second-order valence-electron chi connectivity index (χ2n) is 5.00. The van der Waals surface area contributed by atoms with Gasteiger partial charge in [-0.05, 0) is 0 Å². The molecule has 0 aromatic carbocycles. The molecule has 1 heterocycles. The molecular formula is C13H22N2O5S. The number of amides is 2. The summed E-state index contributed by atoms with van der Waals surface area (Å²) in [5, 5.41) is 8.80. The van der Waals surface area contributed by atoms with Crippen LogP contribution in [0, 0.1) is 5.92 Å². The van der Waals surface area contributed by atoms with Crippen LogP contribution in [0.25, 0.3) is 0 Å². The summed E-state index contributed by atoms with van der Waals surface area (Å²) in [6.07, 6.45) is 0. The largest absolute Gasteiger partial charge is 0.481 e. The Bertz CT molecular complexity index is 385. The zero-order valence-corrected chi connectivity index (χ0v) is 13.2. The Kier molecular flexibility index (Phi) is 7.52. The van der Waals surface area contributed by atoms with Crippen LogP contribution in [-0.4, -0.2) is 84.1 Å². The topological polar surface area (TPSA) is 87.2 Å². The smallest absolute Gasteiger partial charge is 0.308 e. The van der Waals surface area contributed by atoms with E-state index in [9.17, 15) is 14.4 Å². The van der Waals surface area contributed by atoms with Crippen LogP contribution in [-0.2, 0) is 19.1 Å². The average Bonchev–Trinajstić information content (AvgIpc) is 2.47. The fourth-order valence-corrected chi connectivity index (χ4v) is 2.68. The van der Waals surface area contributed by atoms with Crippen LogP contribution in [0.4, 0.5) is 0 Å². The fourth-order valence-electron chi connectivity index (χ4n) is 1.83. The maximum Gasteiger partial charge on any atom is 0.308 e. The number of carboxylic acids is 1. The van der Waals surface area contributed by atoms with Gasteiger partial charge in [0.05, 0.1) is 30.6 Å². The summed E-state index contributed by atoms with van der Waals surface area (Å²) in [4.78, 5) is 37.5. The standard InChI is InChI=1S/C13H22N2O5S/c1-10(13(18)19)7-14(2)11(16)8-21-9-12(17)15-3-5-20-6-4-15/h10H,3-9H2,1-2H3,(H,18,19). The molecule has 1 atom stereocenters. The molecule has 8 heteroatoms. The molecule has 1 N–H and O–H groups in total. The number of carbonyl (C=O) groups is 3. The van der Waals surface area contributed by atoms with E-state index in [0.717, 1.165) is 0 Å². The van der Waals surface area contributed by atoms with E-state index < -0.39 is 11.9 Å². The Morgan fingerprint density at radius 3 is 2.48 bits per heavy atom. The van der Waals surface area contributed by atoms with E-state index in [2.05, 4.69) is 0 Å². The predicted octanol–water partition coefficient (Wildman–Crippen LogP) is -0.242. The van der Waals surface area contributed by atoms with Gasteiger partial charge < -0.3 is 19.6 Å². The lowest BCUT2D eigenvalue weighted by molar-refractivity contribution is -0.142. The minimum Gasteiger partial charge on any atom is -0.481 e. The molecule has 1 aliphatic heterocycles. The van der Waals surface area contributed by atoms with Crippen molar-refractivity contribution >= 4 is 29.5 Å². The summed E-state index contributed by atoms with van der Waals surface area (Å²) in [7, 11) is 1.58. The third kappa shape index (κ3) is 6.34. The molecule has 1 rings (SSSR count). The molecule has 0 spiro atoms. The molecule has 7 nitrogen and oxygen atoms in total. The van der Waals surface area contributed by atoms with Crippen molar-refractivity contribution in [2.45, 2.75) is 6.92 Å². The second-order valence-corrected chi connectivity index (χ2v) is 5.99. The number of morpholine rings is 1. The highest BCUT2D eigenvalue weighted by Gasteiger charge is 2.19. The van der Waals surface area contributed by atoms with Crippen molar-refractivity contribution in [2.24, 2.45) is 5.92 Å². The first-order chi connectivity index (χ1) is 9.91. The quantitative estimate of drug-likeness (QED) is 0.697. The van der Waals surface area contributed by atoms with Gasteiger partial charge in [-0.2, -0.15) is 0 Å². The zero-order chi connectivity index (χ0) is 15.8. The SMILES string of the molecule is CC(CN(C)C(=O)CSCC(=O)N1CCOCC1)C(=O)O. The number of nitrogens with zero attached hydrogens (tertiary/aromatic N) is 2. The van der Waals surface area contributed by atoms with E-state index in [1.807, 2.05) is 0 Å². The third-order valence-electron chi connectivity index (χ3n) is 3.21. The van der Waals surface area contributed by atoms with Crippen molar-refractivity contribution in [1.82, 2.24) is 9.80 Å². The molecule has 1 fully saturated rings. The van der Waals surface area contributed by atoms with Gasteiger partial charge in [0, 0.05) is 26.7 Å². The van der Waals surface area contributed by atoms with E-state index in [-0.39, 0.29) is 29.9 Å². The molecule has 0 radical (unpaired) electrons. The van der Waals surface area contributed by atoms with Crippen LogP contribution >= 0.6 is 11.8 Å². The Morgan fingerprint density at radius 1 is 1.29 bits per heavy atom. The summed E-state index contributed by atoms with van der Waals surface area (Å²) in [5.74, 6) is -1.24. The minimum atomic E-state index is -0.926. The second kappa shape index (κ2) is 8.89. The van der Waals surface area contributed by atoms with Crippen LogP contribution < -0.4 is 0 Å². The van der Waals surface area contributed by atoms with Crippen molar-refractivity contribution in [3.63, 3.8) is 0 Å². The lowest BCUT2D eigenvalue weighted by Crippen LogP contribution is -2.42. The van der Waals surface area contributed by atoms with Crippen molar-refractivity contribution < 1.29 is 24.2 Å². The Labute approximate surface area is 128 Å². The third-order valence-corrected chi connectivity index (χ3v) is 4.11. The first kappa shape index (κ1) is 17.8. The van der Waals surface area contributed by atoms with Gasteiger partial charge in [0.25, 0.3) is 0 Å². The maximum atomic E-state index is 11.9. The predicted molar refractivity (Wildman–Crippen MR) is 79.2 cm³/mol. The number of carbonyl (C=O) groups excluding carboxylic acids is 2. The highest BCUT2D eigenvalue weighted by atomic mass is 32.2. The fraction of sp³-hybridized carbons (Fsp3) is 0.769. The molecule has 2 amide bonds. The Balaban J connectivity index is 2.23. The molecule has 0 bridgehead atoms. The number of hydrogen-bond acceptors (Lipinski definition) is 5. The van der Waals surface area contributed by atoms with Crippen molar-refractivity contribution in [1.29, 1.82) is 0 Å². The van der Waals surface area contributed by atoms with Crippen LogP contribution in [0.5, 0.6) is 0 Å². The average molecular weight is 318 g/mol. The molecule has 1 unspecified atom stereocenters. The molecule has 1 aliphatic rings. The molecule has 120 valence electrons. The Morgan fingerprint density at radius 2 is 1.90 bits per heavy atom. The van der Waals surface area contributed by atoms with E-state index in [0.29, 0.717) is 26.3 Å². The van der Waals surface area contributed by atoms with Crippen LogP contribution in [0.2, 0.25) is 0 Å². The summed E-state index contributed by atoms with van der Waals surface area (Å²) in [6, 6.07) is 0. The number of rotatable bonds is 7. The molecule has 21 heavy (non-hydrogen) atoms. The zero-order valence-electron chi connectivity index (χ0n) is 12.4. The number of carboxylic acid groups (broad SMARTS) is 1. The summed E-state index contributed by atoms with van der Waals surface area (Å²) >= 11 is 1.26. The van der Waals surface area contributed by atoms with Gasteiger partial charge in [-0.25, -0.2) is 0 Å². The van der Waals surface area contributed by atoms with Gasteiger partial charge in [-0.1, -0.05) is 6.92 Å². The van der Waals surface area contributed by atoms with Crippen LogP contribution in [0.1, 0.15) is 6.92 Å². The van der Waals surface area contributed by atoms with Crippen LogP contribution in [0.15, 0.2) is 0 Å². The highest BCUT2D eigenvalue weighted by molar-refractivity contribution is 8.00. The van der Waals surface area contributed by atoms with E-state index in [1.165, 1.54) is 16.7 Å². The van der Waals surface area contributed by atoms with Crippen molar-refractivity contribution in [2.75, 3.05) is 51.4 Å². The van der Waals surface area contributed by atoms with Gasteiger partial charge in [-0.3, -0.25) is 14.4 Å². The monoisotopic (exact) mass is 318 g/mol. The first-order valence-electron chi connectivity index (χ1n) is 6.82. The lowest BCUT2D eigenvalue weighted by atomic mass is 10.2. The molecule has 0 aliphatic carbocycles. The van der Waals surface area contributed by atoms with Crippen molar-refractivity contribution in [3.05, 3.63) is 0 Å². The number of hydrogen-bond donors (Lipinski definition) is 1. The van der Waals surface area contributed by atoms with E-state index in [1.54, 1.807) is 18.9 Å².